The molecule has 1 N–H and O–H groups in total. The summed E-state index contributed by atoms with van der Waals surface area (Å²) in [6.07, 6.45) is 0.711. The van der Waals surface area contributed by atoms with Crippen LogP contribution in [0.4, 0.5) is 10.1 Å². The minimum atomic E-state index is -0.513. The number of amides is 1. The molecule has 3 aromatic rings. The van der Waals surface area contributed by atoms with Crippen molar-refractivity contribution in [2.24, 2.45) is 0 Å². The summed E-state index contributed by atoms with van der Waals surface area (Å²) in [5.41, 5.74) is 2.05. The normalized spacial score (nSPS) is 9.97. The van der Waals surface area contributed by atoms with Crippen molar-refractivity contribution in [2.45, 2.75) is 26.9 Å². The standard InChI is InChI=1S/C22H18Cl2FNO2.C3H6O2/c1-2-14-6-9-21(20(25)11-14)26-22(27)18-12-17(7-8-19(18)24)28-13-15-4-3-5-16(23)10-15;1-2-5-3-4/h3-12H,2,13H2,1H3,(H,26,27);3H,2H2,1H3. The highest BCUT2D eigenvalue weighted by Gasteiger charge is 2.14. The van der Waals surface area contributed by atoms with Crippen LogP contribution in [0.2, 0.25) is 10.0 Å². The van der Waals surface area contributed by atoms with Gasteiger partial charge in [0.2, 0.25) is 0 Å². The van der Waals surface area contributed by atoms with E-state index < -0.39 is 11.7 Å². The second-order valence-corrected chi connectivity index (χ2v) is 7.58. The molecule has 0 saturated heterocycles. The van der Waals surface area contributed by atoms with Crippen molar-refractivity contribution < 1.29 is 23.5 Å². The minimum absolute atomic E-state index is 0.100. The van der Waals surface area contributed by atoms with Crippen molar-refractivity contribution in [1.82, 2.24) is 0 Å². The molecule has 5 nitrogen and oxygen atoms in total. The second kappa shape index (κ2) is 13.5. The van der Waals surface area contributed by atoms with Crippen LogP contribution in [0, 0.1) is 5.82 Å². The van der Waals surface area contributed by atoms with Gasteiger partial charge in [-0.3, -0.25) is 9.59 Å². The van der Waals surface area contributed by atoms with Crippen LogP contribution >= 0.6 is 23.2 Å². The van der Waals surface area contributed by atoms with E-state index in [1.54, 1.807) is 43.3 Å². The summed E-state index contributed by atoms with van der Waals surface area (Å²) in [6, 6.07) is 16.8. The van der Waals surface area contributed by atoms with Gasteiger partial charge in [0.05, 0.1) is 22.9 Å². The molecule has 33 heavy (non-hydrogen) atoms. The van der Waals surface area contributed by atoms with Crippen LogP contribution in [0.25, 0.3) is 0 Å². The van der Waals surface area contributed by atoms with E-state index in [2.05, 4.69) is 10.1 Å². The molecule has 0 saturated carbocycles. The molecule has 0 aliphatic rings. The largest absolute Gasteiger partial charge is 0.489 e. The molecular weight excluding hydrogens is 468 g/mol. The quantitative estimate of drug-likeness (QED) is 0.355. The van der Waals surface area contributed by atoms with Crippen molar-refractivity contribution in [1.29, 1.82) is 0 Å². The van der Waals surface area contributed by atoms with Gasteiger partial charge >= 0.3 is 0 Å². The zero-order valence-corrected chi connectivity index (χ0v) is 19.8. The van der Waals surface area contributed by atoms with E-state index in [0.717, 1.165) is 11.1 Å². The number of carbonyl (C=O) groups excluding carboxylic acids is 2. The highest BCUT2D eigenvalue weighted by atomic mass is 35.5. The summed E-state index contributed by atoms with van der Waals surface area (Å²) >= 11 is 12.1. The van der Waals surface area contributed by atoms with Gasteiger partial charge in [0.25, 0.3) is 12.4 Å². The van der Waals surface area contributed by atoms with Crippen molar-refractivity contribution in [3.05, 3.63) is 93.2 Å². The minimum Gasteiger partial charge on any atom is -0.489 e. The first-order valence-corrected chi connectivity index (χ1v) is 10.9. The monoisotopic (exact) mass is 491 g/mol. The molecule has 0 spiro atoms. The molecular formula is C25H24Cl2FNO4. The van der Waals surface area contributed by atoms with E-state index in [-0.39, 0.29) is 22.9 Å². The number of nitrogens with one attached hydrogen (secondary N) is 1. The van der Waals surface area contributed by atoms with Crippen LogP contribution in [0.5, 0.6) is 5.75 Å². The lowest BCUT2D eigenvalue weighted by molar-refractivity contribution is -0.128. The molecule has 8 heteroatoms. The van der Waals surface area contributed by atoms with Gasteiger partial charge in [-0.1, -0.05) is 48.3 Å². The maximum atomic E-state index is 14.2. The molecule has 0 fully saturated rings. The Bertz CT molecular complexity index is 1090. The lowest BCUT2D eigenvalue weighted by Gasteiger charge is -2.11. The molecule has 0 unspecified atom stereocenters. The number of hydrogen-bond donors (Lipinski definition) is 1. The number of carbonyl (C=O) groups is 2. The van der Waals surface area contributed by atoms with Gasteiger partial charge in [0.1, 0.15) is 18.2 Å². The predicted molar refractivity (Wildman–Crippen MR) is 129 cm³/mol. The van der Waals surface area contributed by atoms with Crippen molar-refractivity contribution in [3.63, 3.8) is 0 Å². The first-order chi connectivity index (χ1) is 15.9. The average molecular weight is 492 g/mol. The number of halogens is 3. The number of aryl methyl sites for hydroxylation is 1. The molecule has 0 bridgehead atoms. The molecule has 0 radical (unpaired) electrons. The van der Waals surface area contributed by atoms with E-state index in [1.165, 1.54) is 12.1 Å². The zero-order chi connectivity index (χ0) is 24.2. The Morgan fingerprint density at radius 1 is 1.03 bits per heavy atom. The Morgan fingerprint density at radius 3 is 2.42 bits per heavy atom. The molecule has 0 aliphatic heterocycles. The Labute approximate surface area is 202 Å². The van der Waals surface area contributed by atoms with Gasteiger partial charge in [-0.2, -0.15) is 0 Å². The highest BCUT2D eigenvalue weighted by molar-refractivity contribution is 6.34. The van der Waals surface area contributed by atoms with Gasteiger partial charge in [-0.15, -0.1) is 0 Å². The van der Waals surface area contributed by atoms with Crippen LogP contribution < -0.4 is 10.1 Å². The number of hydrogen-bond acceptors (Lipinski definition) is 4. The number of rotatable bonds is 8. The Hall–Kier alpha value is -3.09. The van der Waals surface area contributed by atoms with Gasteiger partial charge in [0.15, 0.2) is 0 Å². The first kappa shape index (κ1) is 26.2. The summed E-state index contributed by atoms with van der Waals surface area (Å²) in [6.45, 7) is 4.88. The first-order valence-electron chi connectivity index (χ1n) is 10.2. The van der Waals surface area contributed by atoms with Crippen molar-refractivity contribution in [3.8, 4) is 5.75 Å². The molecule has 1 amide bonds. The molecule has 3 aromatic carbocycles. The fourth-order valence-corrected chi connectivity index (χ4v) is 3.12. The second-order valence-electron chi connectivity index (χ2n) is 6.73. The van der Waals surface area contributed by atoms with Crippen LogP contribution in [0.3, 0.4) is 0 Å². The Kier molecular flexibility index (Phi) is 10.7. The lowest BCUT2D eigenvalue weighted by Crippen LogP contribution is -2.14. The summed E-state index contributed by atoms with van der Waals surface area (Å²) in [7, 11) is 0. The fraction of sp³-hybridized carbons (Fsp3) is 0.200. The van der Waals surface area contributed by atoms with Crippen LogP contribution in [0.1, 0.15) is 35.3 Å². The van der Waals surface area contributed by atoms with E-state index in [9.17, 15) is 14.0 Å². The van der Waals surface area contributed by atoms with Crippen molar-refractivity contribution in [2.75, 3.05) is 11.9 Å². The van der Waals surface area contributed by atoms with Gasteiger partial charge in [-0.05, 0) is 66.9 Å². The number of anilines is 1. The average Bonchev–Trinajstić information content (AvgIpc) is 2.80. The fourth-order valence-electron chi connectivity index (χ4n) is 2.70. The summed E-state index contributed by atoms with van der Waals surface area (Å²) in [5.74, 6) is -0.533. The Balaban J connectivity index is 0.000000696. The molecule has 0 aromatic heterocycles. The van der Waals surface area contributed by atoms with Gasteiger partial charge < -0.3 is 14.8 Å². The third kappa shape index (κ3) is 8.40. The van der Waals surface area contributed by atoms with E-state index >= 15 is 0 Å². The summed E-state index contributed by atoms with van der Waals surface area (Å²) < 4.78 is 24.0. The summed E-state index contributed by atoms with van der Waals surface area (Å²) in [5, 5.41) is 3.42. The van der Waals surface area contributed by atoms with E-state index in [0.29, 0.717) is 30.3 Å². The van der Waals surface area contributed by atoms with E-state index in [4.69, 9.17) is 27.9 Å². The van der Waals surface area contributed by atoms with Crippen LogP contribution in [-0.2, 0) is 22.6 Å². The molecule has 3 rings (SSSR count). The third-order valence-corrected chi connectivity index (χ3v) is 4.97. The predicted octanol–water partition coefficient (Wildman–Crippen LogP) is 6.71. The lowest BCUT2D eigenvalue weighted by atomic mass is 10.1. The molecule has 174 valence electrons. The van der Waals surface area contributed by atoms with Gasteiger partial charge in [0, 0.05) is 5.02 Å². The molecule has 0 atom stereocenters. The van der Waals surface area contributed by atoms with Gasteiger partial charge in [-0.25, -0.2) is 4.39 Å². The van der Waals surface area contributed by atoms with Crippen molar-refractivity contribution >= 4 is 41.3 Å². The number of ether oxygens (including phenoxy) is 2. The Morgan fingerprint density at radius 2 is 1.82 bits per heavy atom. The SMILES string of the molecule is CCOC=O.CCc1ccc(NC(=O)c2cc(OCc3cccc(Cl)c3)ccc2Cl)c(F)c1. The smallest absolute Gasteiger partial charge is 0.293 e. The highest BCUT2D eigenvalue weighted by Crippen LogP contribution is 2.25. The number of benzene rings is 3. The molecule has 0 aliphatic carbocycles. The maximum absolute atomic E-state index is 14.2. The molecule has 0 heterocycles. The van der Waals surface area contributed by atoms with E-state index in [1.807, 2.05) is 19.1 Å². The topological polar surface area (TPSA) is 64.6 Å². The van der Waals surface area contributed by atoms with Crippen LogP contribution in [-0.4, -0.2) is 19.0 Å². The summed E-state index contributed by atoms with van der Waals surface area (Å²) in [4.78, 5) is 21.8. The zero-order valence-electron chi connectivity index (χ0n) is 18.2. The van der Waals surface area contributed by atoms with Crippen LogP contribution in [0.15, 0.2) is 60.7 Å². The maximum Gasteiger partial charge on any atom is 0.293 e. The third-order valence-electron chi connectivity index (χ3n) is 4.40.